The minimum absolute atomic E-state index is 0.383. The molecule has 0 atom stereocenters. The van der Waals surface area contributed by atoms with Crippen molar-refractivity contribution in [3.8, 4) is 0 Å². The van der Waals surface area contributed by atoms with Gasteiger partial charge in [-0.05, 0) is 31.8 Å². The summed E-state index contributed by atoms with van der Waals surface area (Å²) < 4.78 is 37.7. The molecule has 1 N–H and O–H groups in total. The highest BCUT2D eigenvalue weighted by Gasteiger charge is 2.36. The predicted molar refractivity (Wildman–Crippen MR) is 79.2 cm³/mol. The molecule has 0 spiro atoms. The van der Waals surface area contributed by atoms with Gasteiger partial charge in [0.25, 0.3) is 0 Å². The van der Waals surface area contributed by atoms with Crippen molar-refractivity contribution in [1.29, 1.82) is 0 Å². The first-order chi connectivity index (χ1) is 10.5. The second-order valence-electron chi connectivity index (χ2n) is 5.87. The molecular weight excluding hydrogens is 315 g/mol. The van der Waals surface area contributed by atoms with Gasteiger partial charge in [-0.2, -0.15) is 13.2 Å². The van der Waals surface area contributed by atoms with E-state index in [0.29, 0.717) is 16.5 Å². The van der Waals surface area contributed by atoms with Crippen LogP contribution in [0, 0.1) is 5.92 Å². The molecule has 2 aliphatic rings. The number of halogens is 3. The zero-order valence-electron chi connectivity index (χ0n) is 12.3. The number of hydrogen-bond acceptors (Lipinski definition) is 6. The zero-order chi connectivity index (χ0) is 15.6. The van der Waals surface area contributed by atoms with Crippen LogP contribution < -0.4 is 10.2 Å². The summed E-state index contributed by atoms with van der Waals surface area (Å²) >= 11 is 0.635. The molecule has 0 aromatic carbocycles. The number of piperazine rings is 1. The number of anilines is 1. The molecule has 9 heteroatoms. The van der Waals surface area contributed by atoms with Crippen molar-refractivity contribution in [3.05, 3.63) is 5.01 Å². The molecule has 3 rings (SSSR count). The van der Waals surface area contributed by atoms with Crippen LogP contribution in [0.3, 0.4) is 0 Å². The summed E-state index contributed by atoms with van der Waals surface area (Å²) in [4.78, 5) is 4.32. The number of piperidine rings is 1. The van der Waals surface area contributed by atoms with Crippen LogP contribution in [0.25, 0.3) is 0 Å². The predicted octanol–water partition coefficient (Wildman–Crippen LogP) is 1.68. The Morgan fingerprint density at radius 2 is 1.77 bits per heavy atom. The van der Waals surface area contributed by atoms with Crippen LogP contribution in [0.15, 0.2) is 0 Å². The molecule has 0 amide bonds. The average Bonchev–Trinajstić information content (AvgIpc) is 2.99. The summed E-state index contributed by atoms with van der Waals surface area (Å²) in [6, 6.07) is 0. The third-order valence-corrected chi connectivity index (χ3v) is 5.30. The van der Waals surface area contributed by atoms with Crippen LogP contribution in [0.4, 0.5) is 18.3 Å². The van der Waals surface area contributed by atoms with Gasteiger partial charge in [0.2, 0.25) is 10.1 Å². The van der Waals surface area contributed by atoms with Crippen LogP contribution in [-0.4, -0.2) is 60.9 Å². The fraction of sp³-hybridized carbons (Fsp3) is 0.846. The number of rotatable bonds is 3. The lowest BCUT2D eigenvalue weighted by atomic mass is 9.97. The Labute approximate surface area is 131 Å². The van der Waals surface area contributed by atoms with Crippen molar-refractivity contribution in [2.75, 3.05) is 50.7 Å². The summed E-state index contributed by atoms with van der Waals surface area (Å²) in [6.45, 7) is 6.48. The van der Waals surface area contributed by atoms with Crippen LogP contribution in [0.1, 0.15) is 17.8 Å². The van der Waals surface area contributed by atoms with E-state index in [4.69, 9.17) is 0 Å². The van der Waals surface area contributed by atoms with Crippen molar-refractivity contribution in [2.45, 2.75) is 19.0 Å². The number of alkyl halides is 3. The van der Waals surface area contributed by atoms with Crippen molar-refractivity contribution in [3.63, 3.8) is 0 Å². The average molecular weight is 335 g/mol. The lowest BCUT2D eigenvalue weighted by molar-refractivity contribution is -0.138. The quantitative estimate of drug-likeness (QED) is 0.910. The number of hydrogen-bond donors (Lipinski definition) is 1. The smallest absolute Gasteiger partial charge is 0.344 e. The van der Waals surface area contributed by atoms with Crippen molar-refractivity contribution < 1.29 is 13.2 Å². The van der Waals surface area contributed by atoms with Crippen molar-refractivity contribution in [1.82, 2.24) is 20.4 Å². The standard InChI is InChI=1S/C13H20F3N5S/c14-13(15,16)11-18-19-12(22-11)21-7-5-20(6-8-21)9-10-1-3-17-4-2-10/h10,17H,1-9H2. The summed E-state index contributed by atoms with van der Waals surface area (Å²) in [5.41, 5.74) is 0. The summed E-state index contributed by atoms with van der Waals surface area (Å²) in [5, 5.41) is 9.84. The Bertz CT molecular complexity index is 478. The molecule has 0 radical (unpaired) electrons. The van der Waals surface area contributed by atoms with E-state index < -0.39 is 11.2 Å². The van der Waals surface area contributed by atoms with Crippen LogP contribution >= 0.6 is 11.3 Å². The highest BCUT2D eigenvalue weighted by molar-refractivity contribution is 7.15. The maximum atomic E-state index is 12.6. The van der Waals surface area contributed by atoms with Crippen molar-refractivity contribution in [2.24, 2.45) is 5.92 Å². The molecule has 2 fully saturated rings. The fourth-order valence-electron chi connectivity index (χ4n) is 3.01. The monoisotopic (exact) mass is 335 g/mol. The van der Waals surface area contributed by atoms with Gasteiger partial charge in [-0.3, -0.25) is 4.90 Å². The van der Waals surface area contributed by atoms with Gasteiger partial charge in [0.05, 0.1) is 0 Å². The Morgan fingerprint density at radius 3 is 2.36 bits per heavy atom. The van der Waals surface area contributed by atoms with E-state index in [-0.39, 0.29) is 0 Å². The second-order valence-corrected chi connectivity index (χ2v) is 6.82. The van der Waals surface area contributed by atoms with Gasteiger partial charge in [0.1, 0.15) is 0 Å². The summed E-state index contributed by atoms with van der Waals surface area (Å²) in [7, 11) is 0. The number of nitrogens with zero attached hydrogens (tertiary/aromatic N) is 4. The van der Waals surface area contributed by atoms with Gasteiger partial charge in [0.15, 0.2) is 0 Å². The first-order valence-corrected chi connectivity index (χ1v) is 8.43. The van der Waals surface area contributed by atoms with Gasteiger partial charge >= 0.3 is 6.18 Å². The second kappa shape index (κ2) is 6.67. The molecule has 2 aliphatic heterocycles. The molecular formula is C13H20F3N5S. The van der Waals surface area contributed by atoms with Gasteiger partial charge in [-0.15, -0.1) is 10.2 Å². The maximum absolute atomic E-state index is 12.6. The maximum Gasteiger partial charge on any atom is 0.445 e. The minimum Gasteiger partial charge on any atom is -0.344 e. The summed E-state index contributed by atoms with van der Waals surface area (Å²) in [5.74, 6) is 0.742. The van der Waals surface area contributed by atoms with E-state index in [2.05, 4.69) is 20.4 Å². The number of aromatic nitrogens is 2. The Kier molecular flexibility index (Phi) is 4.84. The molecule has 0 bridgehead atoms. The highest BCUT2D eigenvalue weighted by atomic mass is 32.1. The fourth-order valence-corrected chi connectivity index (χ4v) is 3.77. The molecule has 0 saturated carbocycles. The molecule has 2 saturated heterocycles. The lowest BCUT2D eigenvalue weighted by Crippen LogP contribution is -2.48. The third kappa shape index (κ3) is 3.88. The molecule has 3 heterocycles. The van der Waals surface area contributed by atoms with E-state index >= 15 is 0 Å². The highest BCUT2D eigenvalue weighted by Crippen LogP contribution is 2.34. The molecule has 1 aromatic rings. The van der Waals surface area contributed by atoms with Gasteiger partial charge in [-0.25, -0.2) is 0 Å². The van der Waals surface area contributed by atoms with Gasteiger partial charge < -0.3 is 10.2 Å². The lowest BCUT2D eigenvalue weighted by Gasteiger charge is -2.37. The normalized spacial score (nSPS) is 22.2. The van der Waals surface area contributed by atoms with Crippen LogP contribution in [-0.2, 0) is 6.18 Å². The largest absolute Gasteiger partial charge is 0.445 e. The Balaban J connectivity index is 1.50. The van der Waals surface area contributed by atoms with Crippen LogP contribution in [0.2, 0.25) is 0 Å². The van der Waals surface area contributed by atoms with Gasteiger partial charge in [-0.1, -0.05) is 11.3 Å². The molecule has 0 unspecified atom stereocenters. The molecule has 22 heavy (non-hydrogen) atoms. The SMILES string of the molecule is FC(F)(F)c1nnc(N2CCN(CC3CCNCC3)CC2)s1. The molecule has 0 aliphatic carbocycles. The third-order valence-electron chi connectivity index (χ3n) is 4.27. The van der Waals surface area contributed by atoms with E-state index in [1.807, 2.05) is 4.90 Å². The zero-order valence-corrected chi connectivity index (χ0v) is 13.1. The first-order valence-electron chi connectivity index (χ1n) is 7.61. The number of nitrogens with one attached hydrogen (secondary N) is 1. The van der Waals surface area contributed by atoms with E-state index in [9.17, 15) is 13.2 Å². The Morgan fingerprint density at radius 1 is 1.09 bits per heavy atom. The topological polar surface area (TPSA) is 44.3 Å². The van der Waals surface area contributed by atoms with E-state index in [1.165, 1.54) is 12.8 Å². The van der Waals surface area contributed by atoms with Gasteiger partial charge in [0, 0.05) is 32.7 Å². The first kappa shape index (κ1) is 15.9. The van der Waals surface area contributed by atoms with Crippen LogP contribution in [0.5, 0.6) is 0 Å². The molecule has 124 valence electrons. The Hall–Kier alpha value is -0.930. The molecule has 1 aromatic heterocycles. The van der Waals surface area contributed by atoms with E-state index in [1.54, 1.807) is 0 Å². The van der Waals surface area contributed by atoms with Crippen molar-refractivity contribution >= 4 is 16.5 Å². The summed E-state index contributed by atoms with van der Waals surface area (Å²) in [6.07, 6.45) is -1.97. The van der Waals surface area contributed by atoms with E-state index in [0.717, 1.165) is 51.7 Å². The minimum atomic E-state index is -4.40. The molecule has 5 nitrogen and oxygen atoms in total.